The highest BCUT2D eigenvalue weighted by Crippen LogP contribution is 2.83. The number of halogens is 8. The second-order valence-corrected chi connectivity index (χ2v) is 29.9. The number of imidazole rings is 2. The molecule has 2 aliphatic heterocycles. The SMILES string of the molecule is CSCCNc1nc(SCCC(F)(F)F)nc2c1ncn2C1O[C@H](COP(=O)(O)OP(=O)(O)C(Cl)(Cl)P(=O)(O)OP(=O)(O)OC[C@H]2OC(n3cnc4c(NCCSC)nc(SCCC(F)(F)F)nc43)[C@H](O)[C@@H]2O)[C@@H](O)[C@H]1O. The molecule has 436 valence electrons. The van der Waals surface area contributed by atoms with Crippen LogP contribution in [0.2, 0.25) is 0 Å². The molecule has 77 heavy (non-hydrogen) atoms. The number of alkyl halides is 8. The number of anilines is 2. The van der Waals surface area contributed by atoms with E-state index in [2.05, 4.69) is 58.2 Å². The average Bonchev–Trinajstić information content (AvgIpc) is 4.07. The summed E-state index contributed by atoms with van der Waals surface area (Å²) in [5.74, 6) is 0.388. The van der Waals surface area contributed by atoms with Gasteiger partial charge in [-0.3, -0.25) is 27.3 Å². The Labute approximate surface area is 457 Å². The molecule has 0 bridgehead atoms. The lowest BCUT2D eigenvalue weighted by Gasteiger charge is -2.29. The smallest absolute Gasteiger partial charge is 0.387 e. The first-order chi connectivity index (χ1) is 35.7. The molecule has 0 radical (unpaired) electrons. The van der Waals surface area contributed by atoms with Crippen LogP contribution in [0.25, 0.3) is 22.3 Å². The van der Waals surface area contributed by atoms with Crippen LogP contribution >= 0.6 is 101 Å². The van der Waals surface area contributed by atoms with Crippen LogP contribution in [0.1, 0.15) is 25.3 Å². The molecule has 0 aromatic carbocycles. The molecule has 6 rings (SSSR count). The van der Waals surface area contributed by atoms with Gasteiger partial charge in [-0.05, 0) is 12.5 Å². The number of nitrogens with one attached hydrogen (secondary N) is 2. The second kappa shape index (κ2) is 26.0. The largest absolute Gasteiger partial charge is 0.479 e. The van der Waals surface area contributed by atoms with E-state index < -0.39 is 134 Å². The van der Waals surface area contributed by atoms with Gasteiger partial charge in [-0.15, -0.1) is 0 Å². The summed E-state index contributed by atoms with van der Waals surface area (Å²) in [6.07, 6.45) is -20.3. The fraction of sp³-hybridized carbons (Fsp3) is 0.697. The van der Waals surface area contributed by atoms with E-state index in [1.165, 1.54) is 23.5 Å². The highest BCUT2D eigenvalue weighted by Gasteiger charge is 2.66. The van der Waals surface area contributed by atoms with Crippen molar-refractivity contribution in [2.24, 2.45) is 0 Å². The number of hydrogen-bond donors (Lipinski definition) is 10. The Bertz CT molecular complexity index is 2710. The minimum atomic E-state index is -6.53. The number of thioether (sulfide) groups is 4. The first-order valence-corrected chi connectivity index (χ1v) is 33.1. The van der Waals surface area contributed by atoms with Gasteiger partial charge in [-0.2, -0.15) is 49.9 Å². The van der Waals surface area contributed by atoms with Crippen molar-refractivity contribution < 1.29 is 112 Å². The molecule has 6 heterocycles. The highest BCUT2D eigenvalue weighted by atomic mass is 35.5. The van der Waals surface area contributed by atoms with Crippen molar-refractivity contribution in [2.45, 2.75) is 88.4 Å². The number of hydrogen-bond acceptors (Lipinski definition) is 26. The third-order valence-corrected chi connectivity index (χ3v) is 23.1. The van der Waals surface area contributed by atoms with Crippen molar-refractivity contribution in [1.29, 1.82) is 0 Å². The van der Waals surface area contributed by atoms with Crippen LogP contribution in [-0.2, 0) is 45.4 Å². The van der Waals surface area contributed by atoms with Gasteiger partial charge < -0.3 is 60.1 Å². The van der Waals surface area contributed by atoms with Crippen molar-refractivity contribution in [3.8, 4) is 0 Å². The lowest BCUT2D eigenvalue weighted by Crippen LogP contribution is -2.33. The van der Waals surface area contributed by atoms with Crippen LogP contribution in [-0.4, -0.2) is 194 Å². The zero-order chi connectivity index (χ0) is 57.1. The Morgan fingerprint density at radius 2 is 0.987 bits per heavy atom. The summed E-state index contributed by atoms with van der Waals surface area (Å²) < 4.78 is 157. The molecule has 0 spiro atoms. The number of rotatable bonds is 28. The molecule has 44 heteroatoms. The number of aliphatic hydroxyl groups is 4. The Hall–Kier alpha value is -1.38. The maximum atomic E-state index is 13.2. The molecule has 0 saturated carbocycles. The maximum absolute atomic E-state index is 13.2. The summed E-state index contributed by atoms with van der Waals surface area (Å²) in [4.78, 5) is 67.3. The van der Waals surface area contributed by atoms with Gasteiger partial charge in [0.15, 0.2) is 56.7 Å². The van der Waals surface area contributed by atoms with Gasteiger partial charge in [-0.1, -0.05) is 46.7 Å². The number of aliphatic hydroxyl groups excluding tert-OH is 4. The van der Waals surface area contributed by atoms with E-state index in [-0.39, 0.29) is 44.3 Å². The minimum Gasteiger partial charge on any atom is -0.387 e. The van der Waals surface area contributed by atoms with Crippen LogP contribution in [0.15, 0.2) is 23.0 Å². The molecule has 0 aliphatic carbocycles. The first-order valence-electron chi connectivity index (χ1n) is 21.5. The van der Waals surface area contributed by atoms with E-state index >= 15 is 0 Å². The number of aromatic nitrogens is 8. The first kappa shape index (κ1) is 64.8. The zero-order valence-corrected chi connectivity index (χ0v) is 47.4. The lowest BCUT2D eigenvalue weighted by atomic mass is 10.1. The lowest BCUT2D eigenvalue weighted by molar-refractivity contribution is -0.130. The molecule has 12 atom stereocenters. The maximum Gasteiger partial charge on any atom is 0.479 e. The summed E-state index contributed by atoms with van der Waals surface area (Å²) in [6, 6.07) is 0. The molecule has 28 nitrogen and oxygen atoms in total. The molecule has 4 aromatic heterocycles. The minimum absolute atomic E-state index is 0.0561. The van der Waals surface area contributed by atoms with Crippen LogP contribution in [0.5, 0.6) is 0 Å². The van der Waals surface area contributed by atoms with Crippen LogP contribution in [0.3, 0.4) is 0 Å². The Balaban J connectivity index is 1.08. The van der Waals surface area contributed by atoms with Crippen molar-refractivity contribution in [2.75, 3.05) is 72.5 Å². The number of phosphoric ester groups is 2. The normalized spacial score (nSPS) is 25.7. The highest BCUT2D eigenvalue weighted by molar-refractivity contribution is 7.99. The Kier molecular flexibility index (Phi) is 21.9. The van der Waals surface area contributed by atoms with Gasteiger partial charge in [0, 0.05) is 36.1 Å². The van der Waals surface area contributed by atoms with E-state index in [0.717, 1.165) is 21.8 Å². The molecule has 10 N–H and O–H groups in total. The number of fused-ring (bicyclic) bond motifs is 2. The number of ether oxygens (including phenoxy) is 2. The van der Waals surface area contributed by atoms with Crippen LogP contribution < -0.4 is 10.6 Å². The molecular formula is C33H46Cl2F6N10O18P4S4. The fourth-order valence-corrected chi connectivity index (χ4v) is 16.1. The van der Waals surface area contributed by atoms with Gasteiger partial charge in [0.2, 0.25) is 0 Å². The number of phosphoric acid groups is 2. The Morgan fingerprint density at radius 3 is 1.32 bits per heavy atom. The van der Waals surface area contributed by atoms with Crippen molar-refractivity contribution in [3.63, 3.8) is 0 Å². The van der Waals surface area contributed by atoms with Gasteiger partial charge in [-0.25, -0.2) is 47.7 Å². The standard InChI is InChI=1S/C33H46Cl2F6N10O18P4S4/c1-74-9-5-42-23-17-25(48-29(46-23)76-7-3-31(36,37)38)50(13-44-17)27-21(54)19(52)15(66-27)11-64-72(60,61)68-70(56,57)33(34,35)71(58,59)69-73(62,63)65-12-16-20(53)22(55)28(67-16)51-14-45-18-24(43-6-10-75-2)47-30(49-26(18)51)77-8-4-32(39,40)41/h13-16,19-22,27-28,52-55H,3-12H2,1-2H3,(H,56,57)(H,58,59)(H,60,61)(H,62,63)(H,42,46,48)(H,43,47,49)/t15-,16-,19-,20-,21-,22-,27?,28?/m1/s1. The quantitative estimate of drug-likeness (QED) is 0.00864. The average molecular weight is 1310 g/mol. The zero-order valence-electron chi connectivity index (χ0n) is 39.0. The van der Waals surface area contributed by atoms with Gasteiger partial charge in [0.25, 0.3) is 0 Å². The van der Waals surface area contributed by atoms with Crippen LogP contribution in [0, 0.1) is 0 Å². The molecule has 2 aliphatic rings. The van der Waals surface area contributed by atoms with Crippen molar-refractivity contribution in [1.82, 2.24) is 39.0 Å². The van der Waals surface area contributed by atoms with Crippen molar-refractivity contribution in [3.05, 3.63) is 12.7 Å². The molecule has 2 saturated heterocycles. The molecular weight excluding hydrogens is 1260 g/mol. The van der Waals surface area contributed by atoms with E-state index in [1.807, 2.05) is 12.5 Å². The van der Waals surface area contributed by atoms with Crippen LogP contribution in [0.4, 0.5) is 38.0 Å². The predicted octanol–water partition coefficient (Wildman–Crippen LogP) is 5.27. The third-order valence-electron chi connectivity index (χ3n) is 10.4. The second-order valence-electron chi connectivity index (χ2n) is 16.0. The van der Waals surface area contributed by atoms with Crippen molar-refractivity contribution >= 4 is 135 Å². The molecule has 4 aromatic rings. The van der Waals surface area contributed by atoms with E-state index in [9.17, 15) is 84.6 Å². The molecule has 0 amide bonds. The van der Waals surface area contributed by atoms with Gasteiger partial charge in [0.05, 0.1) is 38.7 Å². The fourth-order valence-electron chi connectivity index (χ4n) is 6.71. The van der Waals surface area contributed by atoms with Gasteiger partial charge >= 0.3 is 47.0 Å². The number of nitrogens with zero attached hydrogens (tertiary/aromatic N) is 8. The molecule has 6 unspecified atom stereocenters. The Morgan fingerprint density at radius 1 is 0.623 bits per heavy atom. The summed E-state index contributed by atoms with van der Waals surface area (Å²) in [6.45, 7) is -1.91. The van der Waals surface area contributed by atoms with E-state index in [4.69, 9.17) is 32.7 Å². The summed E-state index contributed by atoms with van der Waals surface area (Å²) in [5, 5.41) is 49.2. The van der Waals surface area contributed by atoms with E-state index in [0.29, 0.717) is 48.1 Å². The third kappa shape index (κ3) is 16.5. The van der Waals surface area contributed by atoms with E-state index in [1.54, 1.807) is 0 Å². The monoisotopic (exact) mass is 1310 g/mol. The predicted molar refractivity (Wildman–Crippen MR) is 267 cm³/mol. The topological polar surface area (TPSA) is 397 Å². The van der Waals surface area contributed by atoms with Gasteiger partial charge in [0.1, 0.15) is 36.6 Å². The summed E-state index contributed by atoms with van der Waals surface area (Å²) in [7, 11) is -25.2. The molecule has 2 fully saturated rings. The summed E-state index contributed by atoms with van der Waals surface area (Å²) >= 11 is 15.6. The summed E-state index contributed by atoms with van der Waals surface area (Å²) in [5.41, 5.74) is -0.106.